The standard InChI is InChI=1S/C25H33N5/c1-21-27-18-20-30(21)19-10-9-16-28-25(26-2)29-17-15-24(22-11-5-3-6-12-22)23-13-7-4-8-14-23/h3-8,11-14,18,20,24H,9-10,15-17,19H2,1-2H3,(H2,26,28,29). The Morgan fingerprint density at radius 2 is 1.57 bits per heavy atom. The first kappa shape index (κ1) is 21.6. The molecule has 0 fully saturated rings. The van der Waals surface area contributed by atoms with Crippen LogP contribution in [0.2, 0.25) is 0 Å². The van der Waals surface area contributed by atoms with Crippen molar-refractivity contribution in [2.75, 3.05) is 20.1 Å². The lowest BCUT2D eigenvalue weighted by molar-refractivity contribution is 0.587. The van der Waals surface area contributed by atoms with Crippen LogP contribution in [0.3, 0.4) is 0 Å². The molecular formula is C25H33N5. The number of benzene rings is 2. The topological polar surface area (TPSA) is 54.2 Å². The van der Waals surface area contributed by atoms with Crippen LogP contribution in [0.15, 0.2) is 78.0 Å². The molecule has 1 heterocycles. The van der Waals surface area contributed by atoms with Gasteiger partial charge in [0.15, 0.2) is 5.96 Å². The third kappa shape index (κ3) is 6.48. The fraction of sp³-hybridized carbons (Fsp3) is 0.360. The third-order valence-electron chi connectivity index (χ3n) is 5.39. The Kier molecular flexibility index (Phi) is 8.51. The van der Waals surface area contributed by atoms with Crippen molar-refractivity contribution in [2.45, 2.75) is 38.6 Å². The van der Waals surface area contributed by atoms with Gasteiger partial charge in [0.1, 0.15) is 5.82 Å². The molecule has 0 radical (unpaired) electrons. The lowest BCUT2D eigenvalue weighted by Gasteiger charge is -2.19. The second kappa shape index (κ2) is 11.8. The molecule has 0 unspecified atom stereocenters. The molecule has 0 amide bonds. The van der Waals surface area contributed by atoms with Crippen LogP contribution in [0.1, 0.15) is 42.1 Å². The van der Waals surface area contributed by atoms with Gasteiger partial charge in [-0.15, -0.1) is 0 Å². The van der Waals surface area contributed by atoms with Crippen LogP contribution in [-0.2, 0) is 6.54 Å². The summed E-state index contributed by atoms with van der Waals surface area (Å²) >= 11 is 0. The number of guanidine groups is 1. The van der Waals surface area contributed by atoms with Gasteiger partial charge in [-0.2, -0.15) is 0 Å². The number of aromatic nitrogens is 2. The second-order valence-electron chi connectivity index (χ2n) is 7.46. The zero-order valence-corrected chi connectivity index (χ0v) is 18.1. The zero-order valence-electron chi connectivity index (χ0n) is 18.1. The van der Waals surface area contributed by atoms with Gasteiger partial charge < -0.3 is 15.2 Å². The lowest BCUT2D eigenvalue weighted by atomic mass is 9.88. The normalized spacial score (nSPS) is 11.6. The molecule has 158 valence electrons. The maximum Gasteiger partial charge on any atom is 0.190 e. The molecule has 0 saturated carbocycles. The summed E-state index contributed by atoms with van der Waals surface area (Å²) in [5, 5.41) is 6.91. The van der Waals surface area contributed by atoms with Crippen LogP contribution in [0.25, 0.3) is 0 Å². The molecule has 3 aromatic rings. The highest BCUT2D eigenvalue weighted by Crippen LogP contribution is 2.27. The number of imidazole rings is 1. The van der Waals surface area contributed by atoms with E-state index in [0.29, 0.717) is 5.92 Å². The van der Waals surface area contributed by atoms with Crippen LogP contribution in [0.4, 0.5) is 0 Å². The van der Waals surface area contributed by atoms with E-state index in [-0.39, 0.29) is 0 Å². The van der Waals surface area contributed by atoms with E-state index in [9.17, 15) is 0 Å². The van der Waals surface area contributed by atoms with E-state index in [0.717, 1.165) is 50.7 Å². The number of rotatable bonds is 10. The van der Waals surface area contributed by atoms with E-state index in [4.69, 9.17) is 0 Å². The summed E-state index contributed by atoms with van der Waals surface area (Å²) in [4.78, 5) is 8.64. The number of aliphatic imine (C=N–C) groups is 1. The van der Waals surface area contributed by atoms with Crippen LogP contribution in [0.5, 0.6) is 0 Å². The Morgan fingerprint density at radius 1 is 0.933 bits per heavy atom. The van der Waals surface area contributed by atoms with Gasteiger partial charge in [0.25, 0.3) is 0 Å². The monoisotopic (exact) mass is 403 g/mol. The van der Waals surface area contributed by atoms with Crippen molar-refractivity contribution in [3.63, 3.8) is 0 Å². The average Bonchev–Trinajstić information content (AvgIpc) is 3.21. The van der Waals surface area contributed by atoms with E-state index in [2.05, 4.69) is 85.8 Å². The second-order valence-corrected chi connectivity index (χ2v) is 7.46. The summed E-state index contributed by atoms with van der Waals surface area (Å²) in [5.74, 6) is 2.32. The fourth-order valence-corrected chi connectivity index (χ4v) is 3.71. The van der Waals surface area contributed by atoms with E-state index >= 15 is 0 Å². The summed E-state index contributed by atoms with van der Waals surface area (Å²) in [6.45, 7) is 4.83. The SMILES string of the molecule is CN=C(NCCCCn1ccnc1C)NCCC(c1ccccc1)c1ccccc1. The molecule has 0 bridgehead atoms. The predicted molar refractivity (Wildman–Crippen MR) is 125 cm³/mol. The molecule has 0 spiro atoms. The van der Waals surface area contributed by atoms with Gasteiger partial charge in [0, 0.05) is 45.0 Å². The Morgan fingerprint density at radius 3 is 2.13 bits per heavy atom. The van der Waals surface area contributed by atoms with Crippen LogP contribution in [-0.4, -0.2) is 35.6 Å². The van der Waals surface area contributed by atoms with Crippen molar-refractivity contribution >= 4 is 5.96 Å². The van der Waals surface area contributed by atoms with Crippen molar-refractivity contribution < 1.29 is 0 Å². The predicted octanol–water partition coefficient (Wildman–Crippen LogP) is 4.36. The van der Waals surface area contributed by atoms with Gasteiger partial charge in [-0.25, -0.2) is 4.98 Å². The van der Waals surface area contributed by atoms with Gasteiger partial charge in [0.2, 0.25) is 0 Å². The minimum absolute atomic E-state index is 0.372. The minimum atomic E-state index is 0.372. The first-order valence-corrected chi connectivity index (χ1v) is 10.8. The number of aryl methyl sites for hydroxylation is 2. The molecule has 2 aromatic carbocycles. The summed E-state index contributed by atoms with van der Waals surface area (Å²) in [6.07, 6.45) is 7.12. The van der Waals surface area contributed by atoms with Crippen LogP contribution in [0, 0.1) is 6.92 Å². The fourth-order valence-electron chi connectivity index (χ4n) is 3.71. The Bertz CT molecular complexity index is 847. The molecule has 5 heteroatoms. The Labute approximate surface area is 180 Å². The molecule has 0 saturated heterocycles. The molecular weight excluding hydrogens is 370 g/mol. The Hall–Kier alpha value is -3.08. The number of nitrogens with one attached hydrogen (secondary N) is 2. The first-order chi connectivity index (χ1) is 14.8. The zero-order chi connectivity index (χ0) is 21.0. The van der Waals surface area contributed by atoms with E-state index in [1.807, 2.05) is 26.4 Å². The molecule has 2 N–H and O–H groups in total. The molecule has 1 aromatic heterocycles. The van der Waals surface area contributed by atoms with Crippen molar-refractivity contribution in [2.24, 2.45) is 4.99 Å². The summed E-state index contributed by atoms with van der Waals surface area (Å²) < 4.78 is 2.19. The number of nitrogens with zero attached hydrogens (tertiary/aromatic N) is 3. The van der Waals surface area contributed by atoms with Crippen molar-refractivity contribution in [1.82, 2.24) is 20.2 Å². The molecule has 0 aliphatic rings. The van der Waals surface area contributed by atoms with E-state index in [1.165, 1.54) is 11.1 Å². The highest BCUT2D eigenvalue weighted by Gasteiger charge is 2.13. The Balaban J connectivity index is 1.43. The largest absolute Gasteiger partial charge is 0.356 e. The summed E-state index contributed by atoms with van der Waals surface area (Å²) in [7, 11) is 1.83. The summed E-state index contributed by atoms with van der Waals surface area (Å²) in [6, 6.07) is 21.5. The molecule has 0 atom stereocenters. The lowest BCUT2D eigenvalue weighted by Crippen LogP contribution is -2.38. The van der Waals surface area contributed by atoms with Crippen molar-refractivity contribution in [3.05, 3.63) is 90.0 Å². The molecule has 0 aliphatic carbocycles. The highest BCUT2D eigenvalue weighted by molar-refractivity contribution is 5.79. The number of hydrogen-bond acceptors (Lipinski definition) is 2. The van der Waals surface area contributed by atoms with Crippen LogP contribution >= 0.6 is 0 Å². The highest BCUT2D eigenvalue weighted by atomic mass is 15.2. The minimum Gasteiger partial charge on any atom is -0.356 e. The van der Waals surface area contributed by atoms with Gasteiger partial charge in [-0.1, -0.05) is 60.7 Å². The third-order valence-corrected chi connectivity index (χ3v) is 5.39. The van der Waals surface area contributed by atoms with Crippen molar-refractivity contribution in [1.29, 1.82) is 0 Å². The maximum absolute atomic E-state index is 4.37. The average molecular weight is 404 g/mol. The van der Waals surface area contributed by atoms with Crippen molar-refractivity contribution in [3.8, 4) is 0 Å². The molecule has 30 heavy (non-hydrogen) atoms. The number of hydrogen-bond donors (Lipinski definition) is 2. The van der Waals surface area contributed by atoms with Crippen LogP contribution < -0.4 is 10.6 Å². The quantitative estimate of drug-likeness (QED) is 0.300. The van der Waals surface area contributed by atoms with Gasteiger partial charge >= 0.3 is 0 Å². The first-order valence-electron chi connectivity index (χ1n) is 10.8. The molecule has 3 rings (SSSR count). The number of unbranched alkanes of at least 4 members (excludes halogenated alkanes) is 1. The van der Waals surface area contributed by atoms with Gasteiger partial charge in [0.05, 0.1) is 0 Å². The molecule has 0 aliphatic heterocycles. The van der Waals surface area contributed by atoms with E-state index < -0.39 is 0 Å². The van der Waals surface area contributed by atoms with E-state index in [1.54, 1.807) is 0 Å². The smallest absolute Gasteiger partial charge is 0.190 e. The maximum atomic E-state index is 4.37. The van der Waals surface area contributed by atoms with Gasteiger partial charge in [-0.05, 0) is 37.3 Å². The van der Waals surface area contributed by atoms with Gasteiger partial charge in [-0.3, -0.25) is 4.99 Å². The molecule has 5 nitrogen and oxygen atoms in total. The summed E-state index contributed by atoms with van der Waals surface area (Å²) in [5.41, 5.74) is 2.70.